The number of rotatable bonds is 5. The first-order chi connectivity index (χ1) is 12.6. The first-order valence-corrected chi connectivity index (χ1v) is 8.40. The van der Waals surface area contributed by atoms with Gasteiger partial charge in [-0.15, -0.1) is 0 Å². The zero-order valence-electron chi connectivity index (χ0n) is 13.8. The van der Waals surface area contributed by atoms with E-state index in [0.717, 1.165) is 11.1 Å². The predicted molar refractivity (Wildman–Crippen MR) is 102 cm³/mol. The average molecular weight is 367 g/mol. The number of pyridine rings is 1. The molecule has 0 aliphatic carbocycles. The Bertz CT molecular complexity index is 907. The Morgan fingerprint density at radius 2 is 1.65 bits per heavy atom. The maximum absolute atomic E-state index is 13.3. The van der Waals surface area contributed by atoms with Crippen LogP contribution in [0.2, 0.25) is 5.02 Å². The van der Waals surface area contributed by atoms with Crippen molar-refractivity contribution in [3.8, 4) is 0 Å². The number of amides is 1. The summed E-state index contributed by atoms with van der Waals surface area (Å²) in [5, 5.41) is 3.51. The van der Waals surface area contributed by atoms with Crippen LogP contribution in [0.15, 0.2) is 73.1 Å². The third-order valence-electron chi connectivity index (χ3n) is 3.78. The molecule has 1 heterocycles. The molecule has 0 unspecified atom stereocenters. The second-order valence-corrected chi connectivity index (χ2v) is 6.09. The number of benzene rings is 2. The van der Waals surface area contributed by atoms with Crippen molar-refractivity contribution in [2.75, 3.05) is 0 Å². The van der Waals surface area contributed by atoms with Gasteiger partial charge in [-0.05, 0) is 59.2 Å². The molecule has 0 aliphatic heterocycles. The van der Waals surface area contributed by atoms with Crippen LogP contribution in [0.5, 0.6) is 0 Å². The molecule has 0 saturated heterocycles. The lowest BCUT2D eigenvalue weighted by molar-refractivity contribution is -0.115. The standard InChI is InChI=1S/C21H16ClFN2O/c22-18-5-1-15(2-6-18)13-20(17-3-7-19(23)8-4-17)21(26)25-14-16-9-11-24-12-10-16/h1-13H,14H2,(H,25,26). The molecule has 1 aromatic heterocycles. The molecular weight excluding hydrogens is 351 g/mol. The number of carbonyl (C=O) groups is 1. The lowest BCUT2D eigenvalue weighted by Gasteiger charge is -2.10. The summed E-state index contributed by atoms with van der Waals surface area (Å²) in [4.78, 5) is 16.7. The van der Waals surface area contributed by atoms with Gasteiger partial charge in [-0.3, -0.25) is 9.78 Å². The third kappa shape index (κ3) is 4.77. The first-order valence-electron chi connectivity index (χ1n) is 8.02. The van der Waals surface area contributed by atoms with Crippen LogP contribution < -0.4 is 5.32 Å². The van der Waals surface area contributed by atoms with Crippen LogP contribution >= 0.6 is 11.6 Å². The van der Waals surface area contributed by atoms with E-state index in [9.17, 15) is 9.18 Å². The minimum absolute atomic E-state index is 0.247. The molecule has 0 fully saturated rings. The number of hydrogen-bond acceptors (Lipinski definition) is 2. The molecule has 3 aromatic rings. The van der Waals surface area contributed by atoms with E-state index in [0.29, 0.717) is 22.7 Å². The SMILES string of the molecule is O=C(NCc1ccncc1)C(=Cc1ccc(Cl)cc1)c1ccc(F)cc1. The molecular formula is C21H16ClFN2O. The molecule has 0 saturated carbocycles. The van der Waals surface area contributed by atoms with E-state index in [2.05, 4.69) is 10.3 Å². The van der Waals surface area contributed by atoms with Gasteiger partial charge in [0.05, 0.1) is 0 Å². The van der Waals surface area contributed by atoms with Crippen molar-refractivity contribution >= 4 is 29.2 Å². The lowest BCUT2D eigenvalue weighted by atomic mass is 10.0. The van der Waals surface area contributed by atoms with Gasteiger partial charge in [-0.25, -0.2) is 4.39 Å². The van der Waals surface area contributed by atoms with Gasteiger partial charge in [0.25, 0.3) is 5.91 Å². The summed E-state index contributed by atoms with van der Waals surface area (Å²) in [5.41, 5.74) is 2.85. The van der Waals surface area contributed by atoms with E-state index in [1.165, 1.54) is 12.1 Å². The van der Waals surface area contributed by atoms with Crippen molar-refractivity contribution in [2.24, 2.45) is 0 Å². The fraction of sp³-hybridized carbons (Fsp3) is 0.0476. The largest absolute Gasteiger partial charge is 0.348 e. The molecule has 0 spiro atoms. The third-order valence-corrected chi connectivity index (χ3v) is 4.04. The van der Waals surface area contributed by atoms with Gasteiger partial charge in [0.2, 0.25) is 0 Å². The number of nitrogens with one attached hydrogen (secondary N) is 1. The number of nitrogens with zero attached hydrogens (tertiary/aromatic N) is 1. The van der Waals surface area contributed by atoms with Gasteiger partial charge in [0, 0.05) is 29.5 Å². The highest BCUT2D eigenvalue weighted by atomic mass is 35.5. The zero-order valence-corrected chi connectivity index (χ0v) is 14.6. The molecule has 0 radical (unpaired) electrons. The van der Waals surface area contributed by atoms with Crippen molar-refractivity contribution < 1.29 is 9.18 Å². The Balaban J connectivity index is 1.88. The van der Waals surface area contributed by atoms with Crippen molar-refractivity contribution in [1.29, 1.82) is 0 Å². The zero-order chi connectivity index (χ0) is 18.4. The fourth-order valence-electron chi connectivity index (χ4n) is 2.41. The van der Waals surface area contributed by atoms with Crippen LogP contribution in [0, 0.1) is 5.82 Å². The smallest absolute Gasteiger partial charge is 0.252 e. The van der Waals surface area contributed by atoms with E-state index in [4.69, 9.17) is 11.6 Å². The van der Waals surface area contributed by atoms with Crippen molar-refractivity contribution in [3.05, 3.63) is 101 Å². The van der Waals surface area contributed by atoms with Gasteiger partial charge in [0.1, 0.15) is 5.82 Å². The lowest BCUT2D eigenvalue weighted by Crippen LogP contribution is -2.23. The number of hydrogen-bond donors (Lipinski definition) is 1. The Labute approximate surface area is 156 Å². The monoisotopic (exact) mass is 366 g/mol. The van der Waals surface area contributed by atoms with Gasteiger partial charge < -0.3 is 5.32 Å². The molecule has 0 atom stereocenters. The summed E-state index contributed by atoms with van der Waals surface area (Å²) in [5.74, 6) is -0.597. The Kier molecular flexibility index (Phi) is 5.77. The summed E-state index contributed by atoms with van der Waals surface area (Å²) in [6, 6.07) is 16.7. The van der Waals surface area contributed by atoms with Crippen molar-refractivity contribution in [2.45, 2.75) is 6.54 Å². The molecule has 1 amide bonds. The molecule has 3 rings (SSSR count). The van der Waals surface area contributed by atoms with Crippen molar-refractivity contribution in [1.82, 2.24) is 10.3 Å². The van der Waals surface area contributed by atoms with E-state index in [-0.39, 0.29) is 11.7 Å². The topological polar surface area (TPSA) is 42.0 Å². The molecule has 130 valence electrons. The van der Waals surface area contributed by atoms with Gasteiger partial charge in [0.15, 0.2) is 0 Å². The Morgan fingerprint density at radius 3 is 2.31 bits per heavy atom. The molecule has 26 heavy (non-hydrogen) atoms. The Morgan fingerprint density at radius 1 is 1.00 bits per heavy atom. The predicted octanol–water partition coefficient (Wildman–Crippen LogP) is 4.73. The molecule has 2 aromatic carbocycles. The van der Waals surface area contributed by atoms with E-state index in [1.54, 1.807) is 42.7 Å². The normalized spacial score (nSPS) is 11.2. The summed E-state index contributed by atoms with van der Waals surface area (Å²) < 4.78 is 13.3. The second-order valence-electron chi connectivity index (χ2n) is 5.65. The molecule has 0 aliphatic rings. The van der Waals surface area contributed by atoms with Crippen LogP contribution in [-0.2, 0) is 11.3 Å². The highest BCUT2D eigenvalue weighted by molar-refractivity contribution is 6.30. The summed E-state index contributed by atoms with van der Waals surface area (Å²) >= 11 is 5.92. The van der Waals surface area contributed by atoms with E-state index < -0.39 is 0 Å². The minimum Gasteiger partial charge on any atom is -0.348 e. The fourth-order valence-corrected chi connectivity index (χ4v) is 2.54. The van der Waals surface area contributed by atoms with Crippen LogP contribution in [-0.4, -0.2) is 10.9 Å². The molecule has 0 bridgehead atoms. The van der Waals surface area contributed by atoms with E-state index >= 15 is 0 Å². The second kappa shape index (κ2) is 8.41. The minimum atomic E-state index is -0.350. The highest BCUT2D eigenvalue weighted by Crippen LogP contribution is 2.20. The van der Waals surface area contributed by atoms with Crippen LogP contribution in [0.3, 0.4) is 0 Å². The molecule has 5 heteroatoms. The molecule has 3 nitrogen and oxygen atoms in total. The summed E-state index contributed by atoms with van der Waals surface area (Å²) in [6.07, 6.45) is 5.10. The van der Waals surface area contributed by atoms with Gasteiger partial charge in [-0.1, -0.05) is 35.9 Å². The van der Waals surface area contributed by atoms with Crippen LogP contribution in [0.25, 0.3) is 11.6 Å². The Hall–Kier alpha value is -2.98. The van der Waals surface area contributed by atoms with Gasteiger partial charge >= 0.3 is 0 Å². The maximum Gasteiger partial charge on any atom is 0.252 e. The van der Waals surface area contributed by atoms with Crippen molar-refractivity contribution in [3.63, 3.8) is 0 Å². The maximum atomic E-state index is 13.3. The van der Waals surface area contributed by atoms with Crippen LogP contribution in [0.1, 0.15) is 16.7 Å². The number of carbonyl (C=O) groups excluding carboxylic acids is 1. The van der Waals surface area contributed by atoms with Gasteiger partial charge in [-0.2, -0.15) is 0 Å². The molecule has 1 N–H and O–H groups in total. The van der Waals surface area contributed by atoms with E-state index in [1.807, 2.05) is 24.3 Å². The quantitative estimate of drug-likeness (QED) is 0.524. The summed E-state index contributed by atoms with van der Waals surface area (Å²) in [7, 11) is 0. The average Bonchev–Trinajstić information content (AvgIpc) is 2.67. The first kappa shape index (κ1) is 17.8. The van der Waals surface area contributed by atoms with Crippen LogP contribution in [0.4, 0.5) is 4.39 Å². The highest BCUT2D eigenvalue weighted by Gasteiger charge is 2.12. The summed E-state index contributed by atoms with van der Waals surface area (Å²) in [6.45, 7) is 0.376. The number of halogens is 2. The number of aromatic nitrogens is 1.